The largest absolute Gasteiger partial charge is 0.452 e. The van der Waals surface area contributed by atoms with E-state index in [1.165, 1.54) is 11.8 Å². The second-order valence-corrected chi connectivity index (χ2v) is 4.10. The Kier molecular flexibility index (Phi) is 2.82. The van der Waals surface area contributed by atoms with E-state index in [4.69, 9.17) is 9.15 Å². The molecule has 0 N–H and O–H groups in total. The van der Waals surface area contributed by atoms with Crippen molar-refractivity contribution in [1.82, 2.24) is 9.78 Å². The third kappa shape index (κ3) is 1.88. The molecule has 0 spiro atoms. The molecule has 0 saturated carbocycles. The van der Waals surface area contributed by atoms with Gasteiger partial charge in [0, 0.05) is 4.47 Å². The number of benzene rings is 1. The average Bonchev–Trinajstić information content (AvgIpc) is 2.63. The molecular formula is C10H9BrN2O3. The number of hydrogen-bond acceptors (Lipinski definition) is 4. The van der Waals surface area contributed by atoms with Crippen molar-refractivity contribution in [2.45, 2.75) is 6.92 Å². The van der Waals surface area contributed by atoms with Crippen molar-refractivity contribution in [3.63, 3.8) is 0 Å². The summed E-state index contributed by atoms with van der Waals surface area (Å²) in [7, 11) is 1.39. The molecule has 0 unspecified atom stereocenters. The number of aryl methyl sites for hydroxylation is 1. The molecule has 0 fully saturated rings. The molecule has 2 rings (SSSR count). The molecule has 0 aliphatic rings. The van der Waals surface area contributed by atoms with Gasteiger partial charge < -0.3 is 9.15 Å². The first-order chi connectivity index (χ1) is 7.61. The Bertz CT molecular complexity index is 574. The van der Waals surface area contributed by atoms with Crippen molar-refractivity contribution in [2.75, 3.05) is 7.11 Å². The molecule has 5 nitrogen and oxygen atoms in total. The Morgan fingerprint density at radius 2 is 2.25 bits per heavy atom. The fourth-order valence-corrected chi connectivity index (χ4v) is 1.66. The quantitative estimate of drug-likeness (QED) is 0.845. The van der Waals surface area contributed by atoms with Crippen molar-refractivity contribution >= 4 is 15.9 Å². The number of halogens is 1. The van der Waals surface area contributed by atoms with Crippen LogP contribution in [0.2, 0.25) is 0 Å². The zero-order valence-electron chi connectivity index (χ0n) is 8.73. The van der Waals surface area contributed by atoms with Gasteiger partial charge in [-0.25, -0.2) is 4.79 Å². The van der Waals surface area contributed by atoms with Crippen molar-refractivity contribution < 1.29 is 9.15 Å². The summed E-state index contributed by atoms with van der Waals surface area (Å²) < 4.78 is 11.6. The van der Waals surface area contributed by atoms with Gasteiger partial charge in [0.15, 0.2) is 0 Å². The first-order valence-corrected chi connectivity index (χ1v) is 5.32. The molecule has 0 aliphatic carbocycles. The Labute approximate surface area is 99.8 Å². The lowest BCUT2D eigenvalue weighted by Gasteiger charge is -2.03. The number of hydrogen-bond donors (Lipinski definition) is 0. The second-order valence-electron chi connectivity index (χ2n) is 3.18. The monoisotopic (exact) mass is 284 g/mol. The smallest absolute Gasteiger partial charge is 0.444 e. The first kappa shape index (κ1) is 10.9. The topological polar surface area (TPSA) is 57.3 Å². The van der Waals surface area contributed by atoms with Crippen LogP contribution in [0, 0.1) is 6.92 Å². The van der Waals surface area contributed by atoms with Crippen molar-refractivity contribution in [3.05, 3.63) is 38.8 Å². The third-order valence-electron chi connectivity index (χ3n) is 2.10. The molecule has 2 aromatic rings. The van der Waals surface area contributed by atoms with Gasteiger partial charge in [0.05, 0.1) is 12.8 Å². The van der Waals surface area contributed by atoms with Gasteiger partial charge in [-0.15, -0.1) is 0 Å². The summed E-state index contributed by atoms with van der Waals surface area (Å²) in [5.41, 5.74) is 1.58. The van der Waals surface area contributed by atoms with E-state index in [9.17, 15) is 4.79 Å². The predicted molar refractivity (Wildman–Crippen MR) is 61.1 cm³/mol. The van der Waals surface area contributed by atoms with Gasteiger partial charge in [-0.05, 0) is 24.6 Å². The lowest BCUT2D eigenvalue weighted by atomic mass is 10.2. The van der Waals surface area contributed by atoms with Gasteiger partial charge >= 0.3 is 11.8 Å². The van der Waals surface area contributed by atoms with Gasteiger partial charge in [0.25, 0.3) is 0 Å². The van der Waals surface area contributed by atoms with Crippen molar-refractivity contribution in [3.8, 4) is 11.8 Å². The average molecular weight is 285 g/mol. The van der Waals surface area contributed by atoms with E-state index in [2.05, 4.69) is 21.0 Å². The minimum atomic E-state index is -0.571. The Morgan fingerprint density at radius 3 is 2.88 bits per heavy atom. The fraction of sp³-hybridized carbons (Fsp3) is 0.200. The van der Waals surface area contributed by atoms with E-state index >= 15 is 0 Å². The summed E-state index contributed by atoms with van der Waals surface area (Å²) in [5.74, 6) is -0.571. The van der Waals surface area contributed by atoms with Crippen LogP contribution in [0.1, 0.15) is 5.56 Å². The lowest BCUT2D eigenvalue weighted by molar-refractivity contribution is 0.282. The molecule has 0 bridgehead atoms. The van der Waals surface area contributed by atoms with E-state index in [-0.39, 0.29) is 6.08 Å². The zero-order valence-corrected chi connectivity index (χ0v) is 10.3. The number of ether oxygens (including phenoxy) is 1. The van der Waals surface area contributed by atoms with Crippen LogP contribution in [0.15, 0.2) is 31.9 Å². The molecule has 0 aliphatic heterocycles. The maximum absolute atomic E-state index is 11.5. The standard InChI is InChI=1S/C10H9BrN2O3/c1-6-3-4-7(11)5-8(6)13-10(14)16-9(12-13)15-2/h3-5H,1-2H3. The Balaban J connectivity index is 2.62. The molecule has 0 amide bonds. The molecule has 1 heterocycles. The number of aromatic nitrogens is 2. The highest BCUT2D eigenvalue weighted by molar-refractivity contribution is 9.10. The molecule has 0 saturated heterocycles. The van der Waals surface area contributed by atoms with Crippen LogP contribution in [0.4, 0.5) is 0 Å². The fourth-order valence-electron chi connectivity index (χ4n) is 1.31. The van der Waals surface area contributed by atoms with Gasteiger partial charge in [0.1, 0.15) is 0 Å². The van der Waals surface area contributed by atoms with Crippen molar-refractivity contribution in [1.29, 1.82) is 0 Å². The summed E-state index contributed by atoms with van der Waals surface area (Å²) in [4.78, 5) is 11.5. The summed E-state index contributed by atoms with van der Waals surface area (Å²) in [6.45, 7) is 1.88. The SMILES string of the molecule is COc1nn(-c2cc(Br)ccc2C)c(=O)o1. The van der Waals surface area contributed by atoms with Gasteiger partial charge in [-0.3, -0.25) is 0 Å². The van der Waals surface area contributed by atoms with Crippen LogP contribution in [0.5, 0.6) is 6.08 Å². The van der Waals surface area contributed by atoms with Crippen molar-refractivity contribution in [2.24, 2.45) is 0 Å². The molecule has 1 aromatic carbocycles. The van der Waals surface area contributed by atoms with E-state index < -0.39 is 5.76 Å². The maximum Gasteiger partial charge on any atom is 0.444 e. The van der Waals surface area contributed by atoms with Crippen LogP contribution >= 0.6 is 15.9 Å². The Hall–Kier alpha value is -1.56. The summed E-state index contributed by atoms with van der Waals surface area (Å²) in [6.07, 6.45) is -0.0515. The van der Waals surface area contributed by atoms with Crippen LogP contribution in [0.3, 0.4) is 0 Å². The van der Waals surface area contributed by atoms with E-state index in [0.29, 0.717) is 5.69 Å². The highest BCUT2D eigenvalue weighted by atomic mass is 79.9. The number of methoxy groups -OCH3 is 1. The Morgan fingerprint density at radius 1 is 1.50 bits per heavy atom. The van der Waals surface area contributed by atoms with Crippen LogP contribution < -0.4 is 10.5 Å². The number of nitrogens with zero attached hydrogens (tertiary/aromatic N) is 2. The predicted octanol–water partition coefficient (Wildman–Crippen LogP) is 1.91. The molecule has 6 heteroatoms. The summed E-state index contributed by atoms with van der Waals surface area (Å²) >= 11 is 3.34. The van der Waals surface area contributed by atoms with Crippen LogP contribution in [-0.2, 0) is 0 Å². The zero-order chi connectivity index (χ0) is 11.7. The van der Waals surface area contributed by atoms with Gasteiger partial charge in [-0.2, -0.15) is 4.68 Å². The third-order valence-corrected chi connectivity index (χ3v) is 2.60. The van der Waals surface area contributed by atoms with E-state index in [0.717, 1.165) is 10.0 Å². The highest BCUT2D eigenvalue weighted by Crippen LogP contribution is 2.18. The minimum absolute atomic E-state index is 0.0515. The summed E-state index contributed by atoms with van der Waals surface area (Å²) in [6, 6.07) is 5.56. The van der Waals surface area contributed by atoms with Gasteiger partial charge in [0.2, 0.25) is 0 Å². The molecular weight excluding hydrogens is 276 g/mol. The molecule has 1 aromatic heterocycles. The first-order valence-electron chi connectivity index (χ1n) is 4.52. The normalized spacial score (nSPS) is 10.4. The molecule has 0 radical (unpaired) electrons. The van der Waals surface area contributed by atoms with Crippen LogP contribution in [0.25, 0.3) is 5.69 Å². The molecule has 84 valence electrons. The molecule has 16 heavy (non-hydrogen) atoms. The second kappa shape index (κ2) is 4.13. The van der Waals surface area contributed by atoms with Gasteiger partial charge in [-0.1, -0.05) is 27.1 Å². The maximum atomic E-state index is 11.5. The highest BCUT2D eigenvalue weighted by Gasteiger charge is 2.11. The van der Waals surface area contributed by atoms with E-state index in [1.54, 1.807) is 6.07 Å². The molecule has 0 atom stereocenters. The van der Waals surface area contributed by atoms with E-state index in [1.807, 2.05) is 19.1 Å². The number of rotatable bonds is 2. The minimum Gasteiger partial charge on any atom is -0.452 e. The van der Waals surface area contributed by atoms with Crippen LogP contribution in [-0.4, -0.2) is 16.9 Å². The lowest BCUT2D eigenvalue weighted by Crippen LogP contribution is -2.14. The summed E-state index contributed by atoms with van der Waals surface area (Å²) in [5, 5.41) is 3.89.